The molecule has 0 amide bonds. The van der Waals surface area contributed by atoms with E-state index >= 15 is 0 Å². The van der Waals surface area contributed by atoms with Gasteiger partial charge in [-0.1, -0.05) is 18.2 Å². The molecule has 0 spiro atoms. The molecule has 0 aliphatic rings. The standard InChI is InChI=1S/C16H20N2O2S/c1-12-10-14(17-3)11-13(2)16(12)21(19,20)18(4)15-8-6-5-7-9-15/h5-11,17H,1-4H3. The second kappa shape index (κ2) is 5.77. The number of para-hydroxylation sites is 1. The lowest BCUT2D eigenvalue weighted by atomic mass is 10.1. The monoisotopic (exact) mass is 304 g/mol. The first-order valence-electron chi connectivity index (χ1n) is 6.71. The summed E-state index contributed by atoms with van der Waals surface area (Å²) < 4.78 is 27.1. The zero-order valence-corrected chi connectivity index (χ0v) is 13.5. The van der Waals surface area contributed by atoms with E-state index in [-0.39, 0.29) is 0 Å². The molecule has 0 aliphatic carbocycles. The molecule has 0 atom stereocenters. The van der Waals surface area contributed by atoms with E-state index in [2.05, 4.69) is 5.32 Å². The third-order valence-corrected chi connectivity index (χ3v) is 5.58. The average molecular weight is 304 g/mol. The van der Waals surface area contributed by atoms with E-state index in [0.29, 0.717) is 10.6 Å². The van der Waals surface area contributed by atoms with Crippen LogP contribution in [0.3, 0.4) is 0 Å². The topological polar surface area (TPSA) is 49.4 Å². The fraction of sp³-hybridized carbons (Fsp3) is 0.250. The minimum atomic E-state index is -3.57. The van der Waals surface area contributed by atoms with Crippen LogP contribution in [-0.2, 0) is 10.0 Å². The summed E-state index contributed by atoms with van der Waals surface area (Å²) in [6.07, 6.45) is 0. The maximum Gasteiger partial charge on any atom is 0.264 e. The number of benzene rings is 2. The van der Waals surface area contributed by atoms with Gasteiger partial charge in [0.15, 0.2) is 0 Å². The van der Waals surface area contributed by atoms with Gasteiger partial charge in [0.25, 0.3) is 10.0 Å². The molecule has 0 bridgehead atoms. The van der Waals surface area contributed by atoms with Gasteiger partial charge in [-0.15, -0.1) is 0 Å². The Morgan fingerprint density at radius 1 is 1.00 bits per heavy atom. The Morgan fingerprint density at radius 3 is 2.00 bits per heavy atom. The number of nitrogens with zero attached hydrogens (tertiary/aromatic N) is 1. The number of rotatable bonds is 4. The van der Waals surface area contributed by atoms with Crippen molar-refractivity contribution in [1.82, 2.24) is 0 Å². The molecule has 2 aromatic carbocycles. The zero-order chi connectivity index (χ0) is 15.6. The Bertz CT molecular complexity index is 717. The number of aryl methyl sites for hydroxylation is 2. The van der Waals surface area contributed by atoms with Gasteiger partial charge in [0.05, 0.1) is 10.6 Å². The normalized spacial score (nSPS) is 11.2. The predicted molar refractivity (Wildman–Crippen MR) is 87.5 cm³/mol. The molecule has 0 radical (unpaired) electrons. The summed E-state index contributed by atoms with van der Waals surface area (Å²) in [5.74, 6) is 0. The second-order valence-electron chi connectivity index (χ2n) is 5.00. The maximum atomic E-state index is 12.9. The van der Waals surface area contributed by atoms with Crippen LogP contribution in [0, 0.1) is 13.8 Å². The van der Waals surface area contributed by atoms with Crippen molar-refractivity contribution in [3.05, 3.63) is 53.6 Å². The van der Waals surface area contributed by atoms with Gasteiger partial charge in [0.1, 0.15) is 0 Å². The van der Waals surface area contributed by atoms with Crippen molar-refractivity contribution in [1.29, 1.82) is 0 Å². The van der Waals surface area contributed by atoms with Crippen LogP contribution in [0.15, 0.2) is 47.4 Å². The predicted octanol–water partition coefficient (Wildman–Crippen LogP) is 3.17. The summed E-state index contributed by atoms with van der Waals surface area (Å²) >= 11 is 0. The maximum absolute atomic E-state index is 12.9. The molecule has 0 aliphatic heterocycles. The first-order valence-corrected chi connectivity index (χ1v) is 8.15. The highest BCUT2D eigenvalue weighted by atomic mass is 32.2. The van der Waals surface area contributed by atoms with Crippen LogP contribution in [-0.4, -0.2) is 22.5 Å². The lowest BCUT2D eigenvalue weighted by Crippen LogP contribution is -2.27. The lowest BCUT2D eigenvalue weighted by Gasteiger charge is -2.22. The third kappa shape index (κ3) is 2.88. The molecule has 0 saturated carbocycles. The van der Waals surface area contributed by atoms with Crippen LogP contribution < -0.4 is 9.62 Å². The molecule has 112 valence electrons. The number of hydrogen-bond acceptors (Lipinski definition) is 3. The molecule has 5 heteroatoms. The molecule has 21 heavy (non-hydrogen) atoms. The Hall–Kier alpha value is -2.01. The van der Waals surface area contributed by atoms with Crippen LogP contribution in [0.2, 0.25) is 0 Å². The zero-order valence-electron chi connectivity index (χ0n) is 12.7. The van der Waals surface area contributed by atoms with E-state index in [4.69, 9.17) is 0 Å². The van der Waals surface area contributed by atoms with Crippen molar-refractivity contribution < 1.29 is 8.42 Å². The highest BCUT2D eigenvalue weighted by molar-refractivity contribution is 7.92. The largest absolute Gasteiger partial charge is 0.388 e. The highest BCUT2D eigenvalue weighted by Gasteiger charge is 2.25. The average Bonchev–Trinajstić information content (AvgIpc) is 2.46. The Kier molecular flexibility index (Phi) is 4.23. The van der Waals surface area contributed by atoms with E-state index in [1.807, 2.05) is 51.2 Å². The minimum Gasteiger partial charge on any atom is -0.388 e. The lowest BCUT2D eigenvalue weighted by molar-refractivity contribution is 0.593. The van der Waals surface area contributed by atoms with Crippen molar-refractivity contribution in [2.45, 2.75) is 18.7 Å². The Balaban J connectivity index is 2.55. The molecule has 0 fully saturated rings. The van der Waals surface area contributed by atoms with E-state index in [9.17, 15) is 8.42 Å². The van der Waals surface area contributed by atoms with E-state index in [1.54, 1.807) is 19.2 Å². The van der Waals surface area contributed by atoms with Gasteiger partial charge >= 0.3 is 0 Å². The smallest absolute Gasteiger partial charge is 0.264 e. The Morgan fingerprint density at radius 2 is 1.52 bits per heavy atom. The molecule has 0 saturated heterocycles. The van der Waals surface area contributed by atoms with Crippen LogP contribution in [0.4, 0.5) is 11.4 Å². The number of hydrogen-bond donors (Lipinski definition) is 1. The molecule has 0 aromatic heterocycles. The molecular weight excluding hydrogens is 284 g/mol. The van der Waals surface area contributed by atoms with Crippen LogP contribution >= 0.6 is 0 Å². The Labute approximate surface area is 126 Å². The number of anilines is 2. The van der Waals surface area contributed by atoms with Crippen LogP contribution in [0.25, 0.3) is 0 Å². The van der Waals surface area contributed by atoms with Gasteiger partial charge in [0.2, 0.25) is 0 Å². The molecule has 0 unspecified atom stereocenters. The SMILES string of the molecule is CNc1cc(C)c(S(=O)(=O)N(C)c2ccccc2)c(C)c1. The fourth-order valence-corrected chi connectivity index (χ4v) is 4.02. The number of sulfonamides is 1. The second-order valence-corrected chi connectivity index (χ2v) is 6.90. The summed E-state index contributed by atoms with van der Waals surface area (Å²) in [5, 5.41) is 3.04. The summed E-state index contributed by atoms with van der Waals surface area (Å²) in [7, 11) is -0.176. The molecule has 4 nitrogen and oxygen atoms in total. The first kappa shape index (κ1) is 15.4. The molecule has 2 aromatic rings. The van der Waals surface area contributed by atoms with Crippen molar-refractivity contribution in [2.24, 2.45) is 0 Å². The summed E-state index contributed by atoms with van der Waals surface area (Å²) in [4.78, 5) is 0.368. The van der Waals surface area contributed by atoms with Crippen molar-refractivity contribution in [3.8, 4) is 0 Å². The van der Waals surface area contributed by atoms with E-state index in [0.717, 1.165) is 16.8 Å². The van der Waals surface area contributed by atoms with Crippen molar-refractivity contribution in [2.75, 3.05) is 23.7 Å². The van der Waals surface area contributed by atoms with Gasteiger partial charge in [-0.25, -0.2) is 8.42 Å². The van der Waals surface area contributed by atoms with Crippen molar-refractivity contribution >= 4 is 21.4 Å². The van der Waals surface area contributed by atoms with Crippen molar-refractivity contribution in [3.63, 3.8) is 0 Å². The quantitative estimate of drug-likeness (QED) is 0.944. The van der Waals surface area contributed by atoms with Gasteiger partial charge < -0.3 is 5.32 Å². The van der Waals surface area contributed by atoms with Gasteiger partial charge in [-0.2, -0.15) is 0 Å². The molecule has 1 N–H and O–H groups in total. The number of nitrogens with one attached hydrogen (secondary N) is 1. The van der Waals surface area contributed by atoms with Gasteiger partial charge in [-0.3, -0.25) is 4.31 Å². The van der Waals surface area contributed by atoms with E-state index < -0.39 is 10.0 Å². The summed E-state index contributed by atoms with van der Waals surface area (Å²) in [6.45, 7) is 3.64. The summed E-state index contributed by atoms with van der Waals surface area (Å²) in [6, 6.07) is 12.8. The molecular formula is C16H20N2O2S. The van der Waals surface area contributed by atoms with Crippen LogP contribution in [0.5, 0.6) is 0 Å². The van der Waals surface area contributed by atoms with Gasteiger partial charge in [0, 0.05) is 19.8 Å². The highest BCUT2D eigenvalue weighted by Crippen LogP contribution is 2.29. The third-order valence-electron chi connectivity index (χ3n) is 3.49. The fourth-order valence-electron chi connectivity index (χ4n) is 2.42. The molecule has 2 rings (SSSR count). The minimum absolute atomic E-state index is 0.368. The van der Waals surface area contributed by atoms with E-state index in [1.165, 1.54) is 4.31 Å². The molecule has 0 heterocycles. The summed E-state index contributed by atoms with van der Waals surface area (Å²) in [5.41, 5.74) is 3.03. The van der Waals surface area contributed by atoms with Crippen LogP contribution in [0.1, 0.15) is 11.1 Å². The first-order chi connectivity index (χ1) is 9.87. The van der Waals surface area contributed by atoms with Gasteiger partial charge in [-0.05, 0) is 49.2 Å².